The second-order valence-electron chi connectivity index (χ2n) is 8.52. The van der Waals surface area contributed by atoms with Crippen molar-refractivity contribution in [1.82, 2.24) is 0 Å². The van der Waals surface area contributed by atoms with Crippen LogP contribution in [0.5, 0.6) is 5.75 Å². The quantitative estimate of drug-likeness (QED) is 0.221. The summed E-state index contributed by atoms with van der Waals surface area (Å²) in [6.07, 6.45) is 1.37. The molecule has 0 aliphatic heterocycles. The maximum absolute atomic E-state index is 11.7. The summed E-state index contributed by atoms with van der Waals surface area (Å²) in [5.41, 5.74) is 5.18. The zero-order chi connectivity index (χ0) is 24.8. The van der Waals surface area contributed by atoms with E-state index >= 15 is 0 Å². The molecule has 6 heteroatoms. The highest BCUT2D eigenvalue weighted by Gasteiger charge is 2.20. The molecule has 4 rings (SSSR count). The molecule has 0 aliphatic carbocycles. The van der Waals surface area contributed by atoms with Crippen molar-refractivity contribution in [1.29, 1.82) is 0 Å². The molecule has 1 atom stereocenters. The molecule has 4 aromatic carbocycles. The van der Waals surface area contributed by atoms with Crippen LogP contribution in [0.25, 0.3) is 0 Å². The Morgan fingerprint density at radius 2 is 1.57 bits per heavy atom. The average molecular weight is 552 g/mol. The van der Waals surface area contributed by atoms with Crippen LogP contribution >= 0.6 is 15.9 Å². The first-order valence-electron chi connectivity index (χ1n) is 11.4. The summed E-state index contributed by atoms with van der Waals surface area (Å²) in [5, 5.41) is 0. The van der Waals surface area contributed by atoms with E-state index in [4.69, 9.17) is 4.74 Å². The number of halogens is 1. The van der Waals surface area contributed by atoms with Crippen LogP contribution in [-0.2, 0) is 23.1 Å². The third-order valence-corrected chi connectivity index (χ3v) is 7.45. The van der Waals surface area contributed by atoms with Crippen LogP contribution < -0.4 is 4.74 Å². The lowest BCUT2D eigenvalue weighted by molar-refractivity contribution is 0.301. The van der Waals surface area contributed by atoms with Crippen LogP contribution in [0.15, 0.2) is 106 Å². The van der Waals surface area contributed by atoms with Crippen molar-refractivity contribution in [2.24, 2.45) is 0 Å². The van der Waals surface area contributed by atoms with E-state index < -0.39 is 10.1 Å². The number of aryl methyl sites for hydroxylation is 2. The number of ether oxygens (including phenoxy) is 1. The normalized spacial score (nSPS) is 12.3. The SMILES string of the molecule is Cc1ccc(S(=O)(=O)O)cc1CCC(c1ccccc1)c1cc(Br)ccc1OCc1ccccc1. The Labute approximate surface area is 215 Å². The van der Waals surface area contributed by atoms with Gasteiger partial charge in [-0.25, -0.2) is 0 Å². The number of hydrogen-bond donors (Lipinski definition) is 1. The average Bonchev–Trinajstić information content (AvgIpc) is 2.85. The third-order valence-electron chi connectivity index (χ3n) is 6.11. The number of hydrogen-bond acceptors (Lipinski definition) is 3. The lowest BCUT2D eigenvalue weighted by Crippen LogP contribution is -2.08. The summed E-state index contributed by atoms with van der Waals surface area (Å²) in [7, 11) is -4.26. The maximum Gasteiger partial charge on any atom is 0.294 e. The summed E-state index contributed by atoms with van der Waals surface area (Å²) in [5.74, 6) is 0.836. The Kier molecular flexibility index (Phi) is 8.06. The Morgan fingerprint density at radius 3 is 2.26 bits per heavy atom. The van der Waals surface area contributed by atoms with E-state index in [-0.39, 0.29) is 10.8 Å². The van der Waals surface area contributed by atoms with Gasteiger partial charge in [-0.2, -0.15) is 8.42 Å². The van der Waals surface area contributed by atoms with Crippen molar-refractivity contribution < 1.29 is 17.7 Å². The molecule has 0 aliphatic rings. The standard InChI is InChI=1S/C29H27BrO4S/c1-21-12-15-26(35(31,32)33)18-24(21)13-16-27(23-10-6-3-7-11-23)28-19-25(30)14-17-29(28)34-20-22-8-4-2-5-9-22/h2-12,14-15,17-19,27H,13,16,20H2,1H3,(H,31,32,33). The molecule has 0 aromatic heterocycles. The molecule has 35 heavy (non-hydrogen) atoms. The van der Waals surface area contributed by atoms with Crippen LogP contribution in [0.3, 0.4) is 0 Å². The summed E-state index contributed by atoms with van der Waals surface area (Å²) in [6, 6.07) is 31.1. The van der Waals surface area contributed by atoms with E-state index in [1.165, 1.54) is 6.07 Å². The van der Waals surface area contributed by atoms with E-state index in [0.29, 0.717) is 13.0 Å². The Bertz CT molecular complexity index is 1390. The van der Waals surface area contributed by atoms with E-state index in [9.17, 15) is 13.0 Å². The highest BCUT2D eigenvalue weighted by Crippen LogP contribution is 2.38. The van der Waals surface area contributed by atoms with Crippen LogP contribution in [0.4, 0.5) is 0 Å². The van der Waals surface area contributed by atoms with Crippen molar-refractivity contribution >= 4 is 26.0 Å². The van der Waals surface area contributed by atoms with E-state index in [1.54, 1.807) is 12.1 Å². The summed E-state index contributed by atoms with van der Waals surface area (Å²) >= 11 is 3.62. The summed E-state index contributed by atoms with van der Waals surface area (Å²) in [6.45, 7) is 2.42. The predicted octanol–water partition coefficient (Wildman–Crippen LogP) is 7.35. The van der Waals surface area contributed by atoms with Crippen LogP contribution in [-0.4, -0.2) is 13.0 Å². The van der Waals surface area contributed by atoms with Crippen molar-refractivity contribution in [2.45, 2.75) is 37.2 Å². The summed E-state index contributed by atoms with van der Waals surface area (Å²) < 4.78 is 40.1. The Hall–Kier alpha value is -2.93. The first-order chi connectivity index (χ1) is 16.8. The first kappa shape index (κ1) is 25.2. The van der Waals surface area contributed by atoms with Gasteiger partial charge in [0, 0.05) is 16.0 Å². The lowest BCUT2D eigenvalue weighted by atomic mass is 9.85. The van der Waals surface area contributed by atoms with Gasteiger partial charge in [-0.3, -0.25) is 4.55 Å². The minimum absolute atomic E-state index is 0.0215. The molecule has 4 nitrogen and oxygen atoms in total. The minimum Gasteiger partial charge on any atom is -0.489 e. The Morgan fingerprint density at radius 1 is 0.886 bits per heavy atom. The smallest absolute Gasteiger partial charge is 0.294 e. The highest BCUT2D eigenvalue weighted by molar-refractivity contribution is 9.10. The van der Waals surface area contributed by atoms with Crippen molar-refractivity contribution in [2.75, 3.05) is 0 Å². The fourth-order valence-corrected chi connectivity index (χ4v) is 5.13. The van der Waals surface area contributed by atoms with Gasteiger partial charge >= 0.3 is 0 Å². The van der Waals surface area contributed by atoms with Gasteiger partial charge in [-0.1, -0.05) is 82.7 Å². The molecular weight excluding hydrogens is 524 g/mol. The van der Waals surface area contributed by atoms with Crippen LogP contribution in [0.2, 0.25) is 0 Å². The van der Waals surface area contributed by atoms with E-state index in [0.717, 1.165) is 44.5 Å². The molecule has 0 amide bonds. The molecule has 4 aromatic rings. The molecule has 0 bridgehead atoms. The van der Waals surface area contributed by atoms with E-state index in [2.05, 4.69) is 34.1 Å². The molecular formula is C29H27BrO4S. The van der Waals surface area contributed by atoms with Crippen molar-refractivity contribution in [3.05, 3.63) is 129 Å². The Balaban J connectivity index is 1.67. The van der Waals surface area contributed by atoms with Crippen molar-refractivity contribution in [3.8, 4) is 5.75 Å². The highest BCUT2D eigenvalue weighted by atomic mass is 79.9. The van der Waals surface area contributed by atoms with Gasteiger partial charge in [-0.05, 0) is 72.4 Å². The molecule has 0 radical (unpaired) electrons. The van der Waals surface area contributed by atoms with Crippen LogP contribution in [0, 0.1) is 6.92 Å². The van der Waals surface area contributed by atoms with E-state index in [1.807, 2.05) is 67.6 Å². The molecule has 0 heterocycles. The molecule has 0 fully saturated rings. The largest absolute Gasteiger partial charge is 0.489 e. The topological polar surface area (TPSA) is 63.6 Å². The van der Waals surface area contributed by atoms with Gasteiger partial charge in [0.2, 0.25) is 0 Å². The monoisotopic (exact) mass is 550 g/mol. The molecule has 0 spiro atoms. The lowest BCUT2D eigenvalue weighted by Gasteiger charge is -2.22. The third kappa shape index (κ3) is 6.60. The number of benzene rings is 4. The first-order valence-corrected chi connectivity index (χ1v) is 13.6. The molecule has 0 saturated carbocycles. The van der Waals surface area contributed by atoms with Gasteiger partial charge in [-0.15, -0.1) is 0 Å². The predicted molar refractivity (Wildman–Crippen MR) is 143 cm³/mol. The second kappa shape index (κ2) is 11.2. The minimum atomic E-state index is -4.26. The molecule has 180 valence electrons. The van der Waals surface area contributed by atoms with Crippen LogP contribution in [0.1, 0.15) is 40.2 Å². The molecule has 1 N–H and O–H groups in total. The van der Waals surface area contributed by atoms with Gasteiger partial charge in [0.1, 0.15) is 12.4 Å². The van der Waals surface area contributed by atoms with Gasteiger partial charge in [0.15, 0.2) is 0 Å². The maximum atomic E-state index is 11.7. The number of rotatable bonds is 9. The molecule has 0 saturated heterocycles. The van der Waals surface area contributed by atoms with Crippen molar-refractivity contribution in [3.63, 3.8) is 0 Å². The zero-order valence-corrected chi connectivity index (χ0v) is 21.8. The fraction of sp³-hybridized carbons (Fsp3) is 0.172. The van der Waals surface area contributed by atoms with Gasteiger partial charge in [0.25, 0.3) is 10.1 Å². The van der Waals surface area contributed by atoms with Gasteiger partial charge in [0.05, 0.1) is 4.90 Å². The van der Waals surface area contributed by atoms with Gasteiger partial charge < -0.3 is 4.74 Å². The molecule has 1 unspecified atom stereocenters. The summed E-state index contributed by atoms with van der Waals surface area (Å²) in [4.78, 5) is -0.0799. The second-order valence-corrected chi connectivity index (χ2v) is 10.9. The fourth-order valence-electron chi connectivity index (χ4n) is 4.22. The zero-order valence-electron chi connectivity index (χ0n) is 19.4.